The average molecular weight is 452 g/mol. The molecule has 1 heterocycles. The number of thioether (sulfide) groups is 1. The van der Waals surface area contributed by atoms with E-state index < -0.39 is 0 Å². The van der Waals surface area contributed by atoms with Gasteiger partial charge in [0, 0.05) is 23.8 Å². The molecule has 0 saturated carbocycles. The van der Waals surface area contributed by atoms with Crippen molar-refractivity contribution in [2.45, 2.75) is 38.4 Å². The van der Waals surface area contributed by atoms with Crippen LogP contribution in [0.2, 0.25) is 0 Å². The van der Waals surface area contributed by atoms with Crippen molar-refractivity contribution < 1.29 is 9.59 Å². The van der Waals surface area contributed by atoms with Crippen LogP contribution in [0.15, 0.2) is 59.8 Å². The molecule has 3 aromatic rings. The van der Waals surface area contributed by atoms with E-state index >= 15 is 0 Å². The van der Waals surface area contributed by atoms with E-state index in [2.05, 4.69) is 15.5 Å². The van der Waals surface area contributed by atoms with Gasteiger partial charge in [-0.25, -0.2) is 0 Å². The van der Waals surface area contributed by atoms with Crippen molar-refractivity contribution in [3.05, 3.63) is 60.2 Å². The first-order valence-corrected chi connectivity index (χ1v) is 11.4. The largest absolute Gasteiger partial charge is 0.350 e. The van der Waals surface area contributed by atoms with Gasteiger partial charge in [-0.1, -0.05) is 59.8 Å². The molecule has 1 N–H and O–H groups in total. The van der Waals surface area contributed by atoms with Crippen molar-refractivity contribution in [1.82, 2.24) is 20.1 Å². The first-order chi connectivity index (χ1) is 15.1. The lowest BCUT2D eigenvalue weighted by molar-refractivity contribution is -0.123. The molecule has 2 aromatic carbocycles. The van der Waals surface area contributed by atoms with Gasteiger partial charge in [0.15, 0.2) is 11.0 Å². The van der Waals surface area contributed by atoms with Crippen LogP contribution in [0.25, 0.3) is 11.4 Å². The van der Waals surface area contributed by atoms with Gasteiger partial charge in [-0.2, -0.15) is 0 Å². The molecule has 0 fully saturated rings. The van der Waals surface area contributed by atoms with Crippen molar-refractivity contribution in [3.63, 3.8) is 0 Å². The van der Waals surface area contributed by atoms with E-state index in [4.69, 9.17) is 0 Å². The molecule has 0 aliphatic carbocycles. The van der Waals surface area contributed by atoms with Gasteiger partial charge >= 0.3 is 0 Å². The number of carbonyl (C=O) groups excluding carboxylic acids is 2. The van der Waals surface area contributed by atoms with Crippen LogP contribution >= 0.6 is 11.8 Å². The Kier molecular flexibility index (Phi) is 7.35. The van der Waals surface area contributed by atoms with E-state index in [0.717, 1.165) is 17.0 Å². The number of hydrogen-bond donors (Lipinski definition) is 1. The molecule has 2 amide bonds. The lowest BCUT2D eigenvalue weighted by Crippen LogP contribution is -2.47. The maximum absolute atomic E-state index is 13.2. The van der Waals surface area contributed by atoms with E-state index in [1.165, 1.54) is 16.7 Å². The van der Waals surface area contributed by atoms with E-state index in [0.29, 0.717) is 10.8 Å². The summed E-state index contributed by atoms with van der Waals surface area (Å²) in [6.07, 6.45) is 0. The number of hydrogen-bond acceptors (Lipinski definition) is 5. The molecule has 32 heavy (non-hydrogen) atoms. The van der Waals surface area contributed by atoms with Crippen molar-refractivity contribution in [2.75, 3.05) is 17.2 Å². The van der Waals surface area contributed by atoms with Crippen LogP contribution in [-0.2, 0) is 16.6 Å². The number of benzene rings is 2. The fraction of sp³-hybridized carbons (Fsp3) is 0.333. The van der Waals surface area contributed by atoms with Crippen LogP contribution in [-0.4, -0.2) is 44.4 Å². The second-order valence-electron chi connectivity index (χ2n) is 8.63. The molecule has 1 aromatic heterocycles. The Balaban J connectivity index is 1.74. The molecular weight excluding hydrogens is 422 g/mol. The minimum absolute atomic E-state index is 0.0478. The summed E-state index contributed by atoms with van der Waals surface area (Å²) < 4.78 is 1.87. The zero-order valence-electron chi connectivity index (χ0n) is 19.1. The van der Waals surface area contributed by atoms with Gasteiger partial charge in [0.2, 0.25) is 11.8 Å². The van der Waals surface area contributed by atoms with Crippen molar-refractivity contribution in [2.24, 2.45) is 7.05 Å². The Bertz CT molecular complexity index is 1070. The van der Waals surface area contributed by atoms with Crippen LogP contribution < -0.4 is 10.2 Å². The van der Waals surface area contributed by atoms with E-state index in [1.807, 2.05) is 93.9 Å². The minimum atomic E-state index is -0.375. The van der Waals surface area contributed by atoms with Crippen LogP contribution in [0.1, 0.15) is 26.3 Å². The number of rotatable bonds is 7. The minimum Gasteiger partial charge on any atom is -0.350 e. The molecule has 0 saturated heterocycles. The monoisotopic (exact) mass is 451 g/mol. The van der Waals surface area contributed by atoms with Crippen LogP contribution in [0.3, 0.4) is 0 Å². The summed E-state index contributed by atoms with van der Waals surface area (Å²) in [5, 5.41) is 12.1. The third kappa shape index (κ3) is 6.20. The number of anilines is 1. The van der Waals surface area contributed by atoms with Gasteiger partial charge in [-0.05, 0) is 39.8 Å². The molecule has 7 nitrogen and oxygen atoms in total. The first kappa shape index (κ1) is 23.5. The molecule has 0 aliphatic rings. The lowest BCUT2D eigenvalue weighted by Gasteiger charge is -2.26. The highest BCUT2D eigenvalue weighted by Crippen LogP contribution is 2.24. The predicted molar refractivity (Wildman–Crippen MR) is 129 cm³/mol. The fourth-order valence-electron chi connectivity index (χ4n) is 3.13. The van der Waals surface area contributed by atoms with Gasteiger partial charge < -0.3 is 14.8 Å². The molecular formula is C24H29N5O2S. The molecule has 0 aliphatic heterocycles. The first-order valence-electron chi connectivity index (χ1n) is 10.4. The molecule has 8 heteroatoms. The van der Waals surface area contributed by atoms with Gasteiger partial charge in [-0.15, -0.1) is 10.2 Å². The van der Waals surface area contributed by atoms with Crippen LogP contribution in [0.5, 0.6) is 0 Å². The SMILES string of the molecule is Cc1ccc(N(CC(=O)NC(C)(C)C)C(=O)CSc2nnc(-c3ccccc3)n2C)cc1. The number of aryl methyl sites for hydroxylation is 1. The van der Waals surface area contributed by atoms with E-state index in [9.17, 15) is 9.59 Å². The Morgan fingerprint density at radius 1 is 1.03 bits per heavy atom. The quantitative estimate of drug-likeness (QED) is 0.552. The number of aromatic nitrogens is 3. The number of amides is 2. The van der Waals surface area contributed by atoms with Gasteiger partial charge in [-0.3, -0.25) is 9.59 Å². The second-order valence-corrected chi connectivity index (χ2v) is 9.58. The summed E-state index contributed by atoms with van der Waals surface area (Å²) >= 11 is 1.30. The summed E-state index contributed by atoms with van der Waals surface area (Å²) in [4.78, 5) is 27.2. The number of carbonyl (C=O) groups is 2. The maximum atomic E-state index is 13.2. The lowest BCUT2D eigenvalue weighted by atomic mass is 10.1. The van der Waals surface area contributed by atoms with Crippen molar-refractivity contribution >= 4 is 29.3 Å². The summed E-state index contributed by atoms with van der Waals surface area (Å²) in [5.74, 6) is 0.492. The summed E-state index contributed by atoms with van der Waals surface area (Å²) in [6.45, 7) is 7.68. The Morgan fingerprint density at radius 3 is 2.31 bits per heavy atom. The third-order valence-electron chi connectivity index (χ3n) is 4.65. The highest BCUT2D eigenvalue weighted by Gasteiger charge is 2.23. The molecule has 0 atom stereocenters. The van der Waals surface area contributed by atoms with Crippen molar-refractivity contribution in [1.29, 1.82) is 0 Å². The Hall–Kier alpha value is -3.13. The molecule has 0 bridgehead atoms. The Labute approximate surface area is 193 Å². The van der Waals surface area contributed by atoms with Gasteiger partial charge in [0.25, 0.3) is 0 Å². The summed E-state index contributed by atoms with van der Waals surface area (Å²) in [5.41, 5.74) is 2.36. The summed E-state index contributed by atoms with van der Waals surface area (Å²) in [6, 6.07) is 17.4. The van der Waals surface area contributed by atoms with Crippen LogP contribution in [0.4, 0.5) is 5.69 Å². The number of nitrogens with zero attached hydrogens (tertiary/aromatic N) is 4. The van der Waals surface area contributed by atoms with Gasteiger partial charge in [0.05, 0.1) is 5.75 Å². The molecule has 0 spiro atoms. The maximum Gasteiger partial charge on any atom is 0.240 e. The topological polar surface area (TPSA) is 80.1 Å². The fourth-order valence-corrected chi connectivity index (χ4v) is 3.92. The Morgan fingerprint density at radius 2 is 1.69 bits per heavy atom. The molecule has 0 unspecified atom stereocenters. The summed E-state index contributed by atoms with van der Waals surface area (Å²) in [7, 11) is 1.88. The average Bonchev–Trinajstić information content (AvgIpc) is 3.11. The van der Waals surface area contributed by atoms with Crippen LogP contribution in [0, 0.1) is 6.92 Å². The molecule has 0 radical (unpaired) electrons. The van der Waals surface area contributed by atoms with Crippen molar-refractivity contribution in [3.8, 4) is 11.4 Å². The molecule has 3 rings (SSSR count). The number of nitrogens with one attached hydrogen (secondary N) is 1. The molecule has 168 valence electrons. The van der Waals surface area contributed by atoms with E-state index in [1.54, 1.807) is 0 Å². The predicted octanol–water partition coefficient (Wildman–Crippen LogP) is 3.83. The highest BCUT2D eigenvalue weighted by molar-refractivity contribution is 7.99. The van der Waals surface area contributed by atoms with Gasteiger partial charge in [0.1, 0.15) is 6.54 Å². The van der Waals surface area contributed by atoms with E-state index in [-0.39, 0.29) is 29.7 Å². The third-order valence-corrected chi connectivity index (χ3v) is 5.66. The standard InChI is InChI=1S/C24H29N5O2S/c1-17-11-13-19(14-12-17)29(15-20(30)25-24(2,3)4)21(31)16-32-23-27-26-22(28(23)5)18-9-7-6-8-10-18/h6-14H,15-16H2,1-5H3,(H,25,30). The highest BCUT2D eigenvalue weighted by atomic mass is 32.2. The zero-order chi connectivity index (χ0) is 23.3. The normalized spacial score (nSPS) is 11.3. The smallest absolute Gasteiger partial charge is 0.240 e. The zero-order valence-corrected chi connectivity index (χ0v) is 19.9. The second kappa shape index (κ2) is 9.99.